The Morgan fingerprint density at radius 2 is 2.33 bits per heavy atom. The highest BCUT2D eigenvalue weighted by atomic mass is 32.1. The molecule has 66 valence electrons. The molecular weight excluding hydrogens is 174 g/mol. The van der Waals surface area contributed by atoms with Gasteiger partial charge in [0.1, 0.15) is 5.00 Å². The van der Waals surface area contributed by atoms with Crippen LogP contribution in [-0.2, 0) is 0 Å². The molecule has 1 rings (SSSR count). The van der Waals surface area contributed by atoms with Gasteiger partial charge in [-0.15, -0.1) is 11.3 Å². The average Bonchev–Trinajstić information content (AvgIpc) is 2.33. The van der Waals surface area contributed by atoms with Crippen molar-refractivity contribution in [3.63, 3.8) is 0 Å². The van der Waals surface area contributed by atoms with Crippen LogP contribution in [0, 0.1) is 0 Å². The summed E-state index contributed by atoms with van der Waals surface area (Å²) >= 11 is 1.41. The summed E-state index contributed by atoms with van der Waals surface area (Å²) in [5.41, 5.74) is 0.355. The first-order valence-corrected chi connectivity index (χ1v) is 4.56. The molecule has 12 heavy (non-hydrogen) atoms. The summed E-state index contributed by atoms with van der Waals surface area (Å²) in [5.74, 6) is -0.876. The molecule has 0 aromatic carbocycles. The van der Waals surface area contributed by atoms with Crippen LogP contribution in [0.3, 0.4) is 0 Å². The average molecular weight is 185 g/mol. The number of rotatable bonds is 3. The van der Waals surface area contributed by atoms with Crippen molar-refractivity contribution in [3.05, 3.63) is 17.0 Å². The maximum absolute atomic E-state index is 10.6. The summed E-state index contributed by atoms with van der Waals surface area (Å²) < 4.78 is 0. The Kier molecular flexibility index (Phi) is 2.70. The van der Waals surface area contributed by atoms with E-state index in [1.807, 2.05) is 13.8 Å². The van der Waals surface area contributed by atoms with Crippen LogP contribution in [0.25, 0.3) is 0 Å². The smallest absolute Gasteiger partial charge is 0.338 e. The molecule has 1 heterocycles. The molecule has 0 spiro atoms. The fourth-order valence-electron chi connectivity index (χ4n) is 0.852. The molecule has 0 saturated carbocycles. The molecule has 0 fully saturated rings. The first-order valence-electron chi connectivity index (χ1n) is 3.68. The van der Waals surface area contributed by atoms with Crippen molar-refractivity contribution >= 4 is 22.3 Å². The zero-order chi connectivity index (χ0) is 9.14. The molecule has 0 saturated heterocycles. The number of carboxylic acid groups (broad SMARTS) is 1. The van der Waals surface area contributed by atoms with E-state index >= 15 is 0 Å². The quantitative estimate of drug-likeness (QED) is 0.759. The van der Waals surface area contributed by atoms with Crippen LogP contribution in [0.5, 0.6) is 0 Å². The van der Waals surface area contributed by atoms with Gasteiger partial charge in [0, 0.05) is 6.04 Å². The monoisotopic (exact) mass is 185 g/mol. The van der Waals surface area contributed by atoms with E-state index in [0.717, 1.165) is 5.00 Å². The van der Waals surface area contributed by atoms with Gasteiger partial charge in [0.2, 0.25) is 0 Å². The molecule has 2 N–H and O–H groups in total. The fourth-order valence-corrected chi connectivity index (χ4v) is 1.78. The van der Waals surface area contributed by atoms with Crippen LogP contribution in [0.2, 0.25) is 0 Å². The normalized spacial score (nSPS) is 10.2. The largest absolute Gasteiger partial charge is 0.478 e. The molecule has 0 aliphatic carbocycles. The van der Waals surface area contributed by atoms with E-state index in [-0.39, 0.29) is 6.04 Å². The Bertz CT molecular complexity index is 280. The van der Waals surface area contributed by atoms with Crippen molar-refractivity contribution in [2.75, 3.05) is 5.32 Å². The van der Waals surface area contributed by atoms with Crippen LogP contribution in [0.15, 0.2) is 11.4 Å². The summed E-state index contributed by atoms with van der Waals surface area (Å²) in [5, 5.41) is 14.3. The van der Waals surface area contributed by atoms with Crippen molar-refractivity contribution < 1.29 is 9.90 Å². The van der Waals surface area contributed by atoms with Gasteiger partial charge in [0.15, 0.2) is 0 Å². The number of nitrogens with one attached hydrogen (secondary N) is 1. The maximum Gasteiger partial charge on any atom is 0.338 e. The second-order valence-electron chi connectivity index (χ2n) is 2.77. The van der Waals surface area contributed by atoms with Crippen LogP contribution in [-0.4, -0.2) is 17.1 Å². The summed E-state index contributed by atoms with van der Waals surface area (Å²) in [6, 6.07) is 1.87. The molecule has 0 aliphatic rings. The van der Waals surface area contributed by atoms with Crippen molar-refractivity contribution in [2.45, 2.75) is 19.9 Å². The predicted molar refractivity (Wildman–Crippen MR) is 50.0 cm³/mol. The van der Waals surface area contributed by atoms with E-state index in [4.69, 9.17) is 5.11 Å². The van der Waals surface area contributed by atoms with E-state index in [2.05, 4.69) is 5.32 Å². The highest BCUT2D eigenvalue weighted by molar-refractivity contribution is 7.14. The van der Waals surface area contributed by atoms with Crippen LogP contribution in [0.1, 0.15) is 24.2 Å². The Hall–Kier alpha value is -1.03. The van der Waals surface area contributed by atoms with Gasteiger partial charge >= 0.3 is 5.97 Å². The Morgan fingerprint density at radius 3 is 2.83 bits per heavy atom. The minimum atomic E-state index is -0.876. The van der Waals surface area contributed by atoms with Gasteiger partial charge < -0.3 is 10.4 Å². The second kappa shape index (κ2) is 3.58. The molecule has 3 nitrogen and oxygen atoms in total. The molecule has 0 amide bonds. The molecular formula is C8H11NO2S. The molecule has 1 aromatic rings. The summed E-state index contributed by atoms with van der Waals surface area (Å²) in [7, 11) is 0. The van der Waals surface area contributed by atoms with Crippen LogP contribution < -0.4 is 5.32 Å². The number of hydrogen-bond donors (Lipinski definition) is 2. The maximum atomic E-state index is 10.6. The number of carbonyl (C=O) groups is 1. The molecule has 1 aromatic heterocycles. The first-order chi connectivity index (χ1) is 5.61. The molecule has 0 aliphatic heterocycles. The van der Waals surface area contributed by atoms with Gasteiger partial charge in [-0.2, -0.15) is 0 Å². The van der Waals surface area contributed by atoms with E-state index in [0.29, 0.717) is 5.56 Å². The topological polar surface area (TPSA) is 49.3 Å². The van der Waals surface area contributed by atoms with Gasteiger partial charge in [-0.3, -0.25) is 0 Å². The zero-order valence-corrected chi connectivity index (χ0v) is 7.81. The lowest BCUT2D eigenvalue weighted by molar-refractivity contribution is 0.0698. The van der Waals surface area contributed by atoms with Crippen molar-refractivity contribution in [3.8, 4) is 0 Å². The van der Waals surface area contributed by atoms with E-state index in [9.17, 15) is 4.79 Å². The van der Waals surface area contributed by atoms with Gasteiger partial charge in [-0.05, 0) is 25.3 Å². The number of thiophene rings is 1. The molecule has 0 bridgehead atoms. The van der Waals surface area contributed by atoms with Crippen molar-refractivity contribution in [1.29, 1.82) is 0 Å². The third-order valence-corrected chi connectivity index (χ3v) is 2.16. The van der Waals surface area contributed by atoms with E-state index < -0.39 is 5.97 Å². The Labute approximate surface area is 75.0 Å². The third-order valence-electron chi connectivity index (χ3n) is 1.32. The predicted octanol–water partition coefficient (Wildman–Crippen LogP) is 2.27. The number of carboxylic acids is 1. The molecule has 4 heteroatoms. The number of anilines is 1. The summed E-state index contributed by atoms with van der Waals surface area (Å²) in [6.07, 6.45) is 0. The van der Waals surface area contributed by atoms with Crippen LogP contribution >= 0.6 is 11.3 Å². The molecule has 0 atom stereocenters. The van der Waals surface area contributed by atoms with Gasteiger partial charge in [-0.1, -0.05) is 0 Å². The van der Waals surface area contributed by atoms with Gasteiger partial charge in [0.05, 0.1) is 5.56 Å². The highest BCUT2D eigenvalue weighted by Gasteiger charge is 2.11. The van der Waals surface area contributed by atoms with E-state index in [1.165, 1.54) is 11.3 Å². The lowest BCUT2D eigenvalue weighted by Crippen LogP contribution is -2.11. The van der Waals surface area contributed by atoms with Crippen molar-refractivity contribution in [2.24, 2.45) is 0 Å². The first kappa shape index (κ1) is 9.06. The SMILES string of the molecule is CC(C)Nc1sccc1C(=O)O. The highest BCUT2D eigenvalue weighted by Crippen LogP contribution is 2.23. The standard InChI is InChI=1S/C8H11NO2S/c1-5(2)9-7-6(8(10)11)3-4-12-7/h3-5,9H,1-2H3,(H,10,11). The van der Waals surface area contributed by atoms with Gasteiger partial charge in [-0.25, -0.2) is 4.79 Å². The van der Waals surface area contributed by atoms with Crippen molar-refractivity contribution in [1.82, 2.24) is 0 Å². The minimum absolute atomic E-state index is 0.266. The Balaban J connectivity index is 2.84. The lowest BCUT2D eigenvalue weighted by atomic mass is 10.3. The summed E-state index contributed by atoms with van der Waals surface area (Å²) in [4.78, 5) is 10.6. The fraction of sp³-hybridized carbons (Fsp3) is 0.375. The summed E-state index contributed by atoms with van der Waals surface area (Å²) in [6.45, 7) is 3.96. The third kappa shape index (κ3) is 1.98. The minimum Gasteiger partial charge on any atom is -0.478 e. The van der Waals surface area contributed by atoms with Crippen LogP contribution in [0.4, 0.5) is 5.00 Å². The lowest BCUT2D eigenvalue weighted by Gasteiger charge is -2.07. The number of hydrogen-bond acceptors (Lipinski definition) is 3. The van der Waals surface area contributed by atoms with E-state index in [1.54, 1.807) is 11.4 Å². The zero-order valence-electron chi connectivity index (χ0n) is 7.00. The number of aromatic carboxylic acids is 1. The Morgan fingerprint density at radius 1 is 1.67 bits per heavy atom. The second-order valence-corrected chi connectivity index (χ2v) is 3.68. The molecule has 0 unspecified atom stereocenters. The molecule has 0 radical (unpaired) electrons. The van der Waals surface area contributed by atoms with Gasteiger partial charge in [0.25, 0.3) is 0 Å².